The number of aliphatic carboxylic acids is 1. The van der Waals surface area contributed by atoms with Gasteiger partial charge in [-0.1, -0.05) is 0 Å². The predicted octanol–water partition coefficient (Wildman–Crippen LogP) is 0.132. The second-order valence-corrected chi connectivity index (χ2v) is 2.84. The van der Waals surface area contributed by atoms with Crippen molar-refractivity contribution in [2.45, 2.75) is 26.8 Å². The number of hydrogen-bond acceptors (Lipinski definition) is 2. The summed E-state index contributed by atoms with van der Waals surface area (Å²) in [5.74, 6) is -0.984. The zero-order valence-electron chi connectivity index (χ0n) is 7.63. The fourth-order valence-electron chi connectivity index (χ4n) is 1.23. The third kappa shape index (κ3) is 1.80. The smallest absolute Gasteiger partial charge is 0.308 e. The Labute approximate surface area is 75.0 Å². The van der Waals surface area contributed by atoms with Crippen molar-refractivity contribution in [2.75, 3.05) is 0 Å². The Hall–Kier alpha value is -1.52. The number of aryl methyl sites for hydroxylation is 2. The van der Waals surface area contributed by atoms with E-state index in [9.17, 15) is 9.59 Å². The lowest BCUT2D eigenvalue weighted by Gasteiger charge is -1.91. The van der Waals surface area contributed by atoms with Crippen molar-refractivity contribution in [3.05, 3.63) is 21.6 Å². The van der Waals surface area contributed by atoms with E-state index in [-0.39, 0.29) is 12.0 Å². The molecule has 1 aromatic rings. The van der Waals surface area contributed by atoms with E-state index in [0.29, 0.717) is 17.8 Å². The van der Waals surface area contributed by atoms with Crippen LogP contribution in [0, 0.1) is 6.92 Å². The molecule has 1 rings (SSSR count). The van der Waals surface area contributed by atoms with Gasteiger partial charge in [-0.25, -0.2) is 0 Å². The first-order valence-electron chi connectivity index (χ1n) is 4.06. The van der Waals surface area contributed by atoms with E-state index in [1.807, 2.05) is 6.92 Å². The fraction of sp³-hybridized carbons (Fsp3) is 0.500. The summed E-state index contributed by atoms with van der Waals surface area (Å²) in [5, 5.41) is 11.3. The number of carboxylic acids is 1. The summed E-state index contributed by atoms with van der Waals surface area (Å²) in [7, 11) is 0. The number of carboxylic acid groups (broad SMARTS) is 1. The third-order valence-electron chi connectivity index (χ3n) is 1.90. The van der Waals surface area contributed by atoms with Gasteiger partial charge < -0.3 is 5.11 Å². The van der Waals surface area contributed by atoms with Crippen LogP contribution >= 0.6 is 0 Å². The fourth-order valence-corrected chi connectivity index (χ4v) is 1.23. The van der Waals surface area contributed by atoms with E-state index in [4.69, 9.17) is 5.11 Å². The molecular weight excluding hydrogens is 172 g/mol. The van der Waals surface area contributed by atoms with Gasteiger partial charge in [0.2, 0.25) is 0 Å². The van der Waals surface area contributed by atoms with Crippen molar-refractivity contribution < 1.29 is 9.90 Å². The van der Waals surface area contributed by atoms with Gasteiger partial charge in [0.25, 0.3) is 5.56 Å². The molecule has 0 amide bonds. The van der Waals surface area contributed by atoms with E-state index in [1.165, 1.54) is 4.68 Å². The average Bonchev–Trinajstić information content (AvgIpc) is 2.31. The Morgan fingerprint density at radius 3 is 2.62 bits per heavy atom. The Kier molecular flexibility index (Phi) is 2.55. The Bertz CT molecular complexity index is 375. The summed E-state index contributed by atoms with van der Waals surface area (Å²) in [6.45, 7) is 4.05. The highest BCUT2D eigenvalue weighted by Gasteiger charge is 2.12. The van der Waals surface area contributed by atoms with Crippen molar-refractivity contribution in [1.82, 2.24) is 9.78 Å². The van der Waals surface area contributed by atoms with E-state index in [2.05, 4.69) is 5.10 Å². The van der Waals surface area contributed by atoms with Crippen LogP contribution in [0.4, 0.5) is 0 Å². The predicted molar refractivity (Wildman–Crippen MR) is 46.8 cm³/mol. The Morgan fingerprint density at radius 1 is 1.62 bits per heavy atom. The molecule has 0 unspecified atom stereocenters. The van der Waals surface area contributed by atoms with Crippen LogP contribution in [0.5, 0.6) is 0 Å². The van der Waals surface area contributed by atoms with Crippen LogP contribution in [0.2, 0.25) is 0 Å². The molecule has 13 heavy (non-hydrogen) atoms. The maximum Gasteiger partial charge on any atom is 0.308 e. The summed E-state index contributed by atoms with van der Waals surface area (Å²) in [6.07, 6.45) is -0.214. The van der Waals surface area contributed by atoms with E-state index >= 15 is 0 Å². The van der Waals surface area contributed by atoms with Gasteiger partial charge in [0.1, 0.15) is 0 Å². The molecule has 0 saturated carbocycles. The first-order valence-corrected chi connectivity index (χ1v) is 4.06. The molecule has 0 aliphatic rings. The maximum absolute atomic E-state index is 11.4. The number of nitrogens with one attached hydrogen (secondary N) is 1. The molecule has 1 aromatic heterocycles. The first-order chi connectivity index (χ1) is 6.06. The number of nitrogens with zero attached hydrogens (tertiary/aromatic N) is 1. The van der Waals surface area contributed by atoms with Crippen molar-refractivity contribution in [3.63, 3.8) is 0 Å². The average molecular weight is 184 g/mol. The maximum atomic E-state index is 11.4. The number of hydrogen-bond donors (Lipinski definition) is 2. The largest absolute Gasteiger partial charge is 0.481 e. The molecule has 0 aliphatic heterocycles. The van der Waals surface area contributed by atoms with Crippen LogP contribution in [0.3, 0.4) is 0 Å². The highest BCUT2D eigenvalue weighted by Crippen LogP contribution is 1.99. The normalized spacial score (nSPS) is 10.3. The van der Waals surface area contributed by atoms with E-state index < -0.39 is 5.97 Å². The van der Waals surface area contributed by atoms with E-state index in [0.717, 1.165) is 0 Å². The minimum Gasteiger partial charge on any atom is -0.481 e. The molecule has 1 heterocycles. The van der Waals surface area contributed by atoms with Crippen LogP contribution in [0.1, 0.15) is 18.2 Å². The summed E-state index contributed by atoms with van der Waals surface area (Å²) < 4.78 is 1.40. The Balaban J connectivity index is 3.13. The molecule has 0 aliphatic carbocycles. The number of H-pyrrole nitrogens is 1. The van der Waals surface area contributed by atoms with Crippen molar-refractivity contribution >= 4 is 5.97 Å². The standard InChI is InChI=1S/C8H12N2O3/c1-3-10-8(13)6(4-7(11)12)5(2)9-10/h9H,3-4H2,1-2H3,(H,11,12). The van der Waals surface area contributed by atoms with Crippen LogP contribution in [-0.2, 0) is 17.8 Å². The molecule has 0 fully saturated rings. The number of aromatic amines is 1. The highest BCUT2D eigenvalue weighted by atomic mass is 16.4. The second kappa shape index (κ2) is 3.47. The first kappa shape index (κ1) is 9.57. The molecule has 72 valence electrons. The SMILES string of the molecule is CCn1[nH]c(C)c(CC(=O)O)c1=O. The highest BCUT2D eigenvalue weighted by molar-refractivity contribution is 5.70. The van der Waals surface area contributed by atoms with Crippen molar-refractivity contribution in [3.8, 4) is 0 Å². The monoisotopic (exact) mass is 184 g/mol. The summed E-state index contributed by atoms with van der Waals surface area (Å²) >= 11 is 0. The van der Waals surface area contributed by atoms with Crippen molar-refractivity contribution in [1.29, 1.82) is 0 Å². The summed E-state index contributed by atoms with van der Waals surface area (Å²) in [4.78, 5) is 21.8. The molecule has 0 aromatic carbocycles. The van der Waals surface area contributed by atoms with Gasteiger partial charge in [-0.05, 0) is 13.8 Å². The molecule has 5 heteroatoms. The molecular formula is C8H12N2O3. The molecule has 0 radical (unpaired) electrons. The topological polar surface area (TPSA) is 75.1 Å². The lowest BCUT2D eigenvalue weighted by Crippen LogP contribution is -2.19. The van der Waals surface area contributed by atoms with Crippen LogP contribution in [0.15, 0.2) is 4.79 Å². The molecule has 0 atom stereocenters. The zero-order chi connectivity index (χ0) is 10.0. The summed E-state index contributed by atoms with van der Waals surface area (Å²) in [6, 6.07) is 0. The summed E-state index contributed by atoms with van der Waals surface area (Å²) in [5.41, 5.74) is 0.742. The molecule has 0 saturated heterocycles. The van der Waals surface area contributed by atoms with Gasteiger partial charge in [0, 0.05) is 12.2 Å². The minimum atomic E-state index is -0.984. The van der Waals surface area contributed by atoms with Gasteiger partial charge in [-0.15, -0.1) is 0 Å². The zero-order valence-corrected chi connectivity index (χ0v) is 7.63. The number of carbonyl (C=O) groups is 1. The quantitative estimate of drug-likeness (QED) is 0.701. The lowest BCUT2D eigenvalue weighted by molar-refractivity contribution is -0.136. The van der Waals surface area contributed by atoms with Gasteiger partial charge in [-0.2, -0.15) is 0 Å². The van der Waals surface area contributed by atoms with Gasteiger partial charge in [0.05, 0.1) is 12.0 Å². The second-order valence-electron chi connectivity index (χ2n) is 2.84. The van der Waals surface area contributed by atoms with Gasteiger partial charge in [-0.3, -0.25) is 19.4 Å². The molecule has 0 bridgehead atoms. The molecule has 5 nitrogen and oxygen atoms in total. The third-order valence-corrected chi connectivity index (χ3v) is 1.90. The number of aromatic nitrogens is 2. The van der Waals surface area contributed by atoms with E-state index in [1.54, 1.807) is 6.92 Å². The Morgan fingerprint density at radius 2 is 2.23 bits per heavy atom. The van der Waals surface area contributed by atoms with Crippen LogP contribution in [-0.4, -0.2) is 20.9 Å². The molecule has 2 N–H and O–H groups in total. The minimum absolute atomic E-state index is 0.214. The lowest BCUT2D eigenvalue weighted by atomic mass is 10.2. The van der Waals surface area contributed by atoms with Crippen LogP contribution in [0.25, 0.3) is 0 Å². The molecule has 0 spiro atoms. The number of rotatable bonds is 3. The van der Waals surface area contributed by atoms with Gasteiger partial charge in [0.15, 0.2) is 0 Å². The van der Waals surface area contributed by atoms with Crippen LogP contribution < -0.4 is 5.56 Å². The van der Waals surface area contributed by atoms with Gasteiger partial charge >= 0.3 is 5.97 Å². The van der Waals surface area contributed by atoms with Crippen molar-refractivity contribution in [2.24, 2.45) is 0 Å².